The lowest BCUT2D eigenvalue weighted by Gasteiger charge is -2.15. The number of carbonyl (C=O) groups is 1. The van der Waals surface area contributed by atoms with Gasteiger partial charge in [0.2, 0.25) is 5.91 Å². The van der Waals surface area contributed by atoms with Gasteiger partial charge in [0.25, 0.3) is 0 Å². The van der Waals surface area contributed by atoms with Crippen LogP contribution in [-0.2, 0) is 4.79 Å². The van der Waals surface area contributed by atoms with Crippen LogP contribution in [0.4, 0.5) is 10.1 Å². The van der Waals surface area contributed by atoms with Crippen LogP contribution in [0.2, 0.25) is 0 Å². The van der Waals surface area contributed by atoms with Crippen molar-refractivity contribution in [3.63, 3.8) is 0 Å². The van der Waals surface area contributed by atoms with Crippen LogP contribution in [0.5, 0.6) is 0 Å². The van der Waals surface area contributed by atoms with Crippen molar-refractivity contribution in [2.75, 3.05) is 5.32 Å². The van der Waals surface area contributed by atoms with E-state index in [1.165, 1.54) is 18.2 Å². The van der Waals surface area contributed by atoms with E-state index in [-0.39, 0.29) is 16.7 Å². The lowest BCUT2D eigenvalue weighted by Crippen LogP contribution is -2.33. The van der Waals surface area contributed by atoms with Gasteiger partial charge in [0, 0.05) is 3.57 Å². The molecule has 0 heterocycles. The summed E-state index contributed by atoms with van der Waals surface area (Å²) in [6, 6.07) is 4.18. The maximum absolute atomic E-state index is 12.9. The average molecular weight is 380 g/mol. The first-order valence-electron chi connectivity index (χ1n) is 5.51. The second-order valence-electron chi connectivity index (χ2n) is 3.86. The first kappa shape index (κ1) is 15.3. The van der Waals surface area contributed by atoms with Gasteiger partial charge in [-0.3, -0.25) is 4.79 Å². The summed E-state index contributed by atoms with van der Waals surface area (Å²) in [7, 11) is 0. The van der Waals surface area contributed by atoms with E-state index in [2.05, 4.69) is 5.32 Å². The summed E-state index contributed by atoms with van der Waals surface area (Å²) < 4.78 is 13.6. The molecule has 1 aromatic carbocycles. The summed E-state index contributed by atoms with van der Waals surface area (Å²) in [6.45, 7) is 1.96. The number of benzene rings is 1. The van der Waals surface area contributed by atoms with E-state index < -0.39 is 5.92 Å². The fourth-order valence-electron chi connectivity index (χ4n) is 1.50. The molecular formula is C12H14FIN2OS. The van der Waals surface area contributed by atoms with Gasteiger partial charge in [-0.05, 0) is 47.2 Å². The molecule has 0 saturated carbocycles. The van der Waals surface area contributed by atoms with E-state index in [1.807, 2.05) is 29.5 Å². The smallest absolute Gasteiger partial charge is 0.234 e. The molecule has 1 aromatic rings. The fourth-order valence-corrected chi connectivity index (χ4v) is 2.34. The quantitative estimate of drug-likeness (QED) is 0.610. The molecule has 0 bridgehead atoms. The van der Waals surface area contributed by atoms with Gasteiger partial charge in [0.05, 0.1) is 16.6 Å². The second kappa shape index (κ2) is 6.98. The van der Waals surface area contributed by atoms with Crippen LogP contribution in [0.25, 0.3) is 0 Å². The molecule has 98 valence electrons. The van der Waals surface area contributed by atoms with E-state index >= 15 is 0 Å². The van der Waals surface area contributed by atoms with Crippen LogP contribution in [0.15, 0.2) is 18.2 Å². The molecule has 0 fully saturated rings. The Morgan fingerprint density at radius 3 is 2.78 bits per heavy atom. The zero-order chi connectivity index (χ0) is 13.7. The summed E-state index contributed by atoms with van der Waals surface area (Å²) in [5.74, 6) is -1.06. The molecule has 0 aromatic heterocycles. The zero-order valence-electron chi connectivity index (χ0n) is 9.87. The number of nitrogens with one attached hydrogen (secondary N) is 1. The van der Waals surface area contributed by atoms with Crippen molar-refractivity contribution >= 4 is 51.4 Å². The Morgan fingerprint density at radius 2 is 2.28 bits per heavy atom. The molecule has 1 rings (SSSR count). The van der Waals surface area contributed by atoms with Crippen molar-refractivity contribution in [1.29, 1.82) is 0 Å². The van der Waals surface area contributed by atoms with Gasteiger partial charge in [-0.1, -0.05) is 25.6 Å². The Morgan fingerprint density at radius 1 is 1.61 bits per heavy atom. The largest absolute Gasteiger partial charge is 0.393 e. The van der Waals surface area contributed by atoms with E-state index in [0.717, 1.165) is 6.42 Å². The van der Waals surface area contributed by atoms with E-state index in [4.69, 9.17) is 18.0 Å². The number of nitrogens with two attached hydrogens (primary N) is 1. The number of anilines is 1. The number of hydrogen-bond acceptors (Lipinski definition) is 2. The lowest BCUT2D eigenvalue weighted by atomic mass is 10.0. The predicted molar refractivity (Wildman–Crippen MR) is 82.9 cm³/mol. The minimum absolute atomic E-state index is 0.187. The summed E-state index contributed by atoms with van der Waals surface area (Å²) in [5, 5.41) is 2.72. The Bertz CT molecular complexity index is 467. The van der Waals surface area contributed by atoms with E-state index in [9.17, 15) is 9.18 Å². The normalized spacial score (nSPS) is 11.9. The molecule has 1 amide bonds. The number of rotatable bonds is 5. The van der Waals surface area contributed by atoms with Gasteiger partial charge in [0.15, 0.2) is 0 Å². The Kier molecular flexibility index (Phi) is 5.94. The highest BCUT2D eigenvalue weighted by Gasteiger charge is 2.21. The van der Waals surface area contributed by atoms with Gasteiger partial charge in [0.1, 0.15) is 5.82 Å². The maximum atomic E-state index is 12.9. The number of halogens is 2. The second-order valence-corrected chi connectivity index (χ2v) is 5.49. The molecule has 0 saturated heterocycles. The Labute approximate surface area is 124 Å². The zero-order valence-corrected chi connectivity index (χ0v) is 12.8. The van der Waals surface area contributed by atoms with Crippen LogP contribution in [0.1, 0.15) is 19.8 Å². The van der Waals surface area contributed by atoms with Crippen molar-refractivity contribution in [3.8, 4) is 0 Å². The Hall–Kier alpha value is -0.760. The fraction of sp³-hybridized carbons (Fsp3) is 0.333. The van der Waals surface area contributed by atoms with Gasteiger partial charge in [-0.15, -0.1) is 0 Å². The number of hydrogen-bond donors (Lipinski definition) is 2. The average Bonchev–Trinajstić information content (AvgIpc) is 2.29. The van der Waals surface area contributed by atoms with E-state index in [1.54, 1.807) is 0 Å². The number of amides is 1. The third-order valence-corrected chi connectivity index (χ3v) is 3.60. The highest BCUT2D eigenvalue weighted by molar-refractivity contribution is 14.1. The molecule has 3 N–H and O–H groups in total. The van der Waals surface area contributed by atoms with Crippen molar-refractivity contribution < 1.29 is 9.18 Å². The molecule has 18 heavy (non-hydrogen) atoms. The molecule has 1 atom stereocenters. The SMILES string of the molecule is CCCC(C(=O)Nc1ccc(F)cc1I)C(N)=S. The summed E-state index contributed by atoms with van der Waals surface area (Å²) in [4.78, 5) is 12.2. The minimum Gasteiger partial charge on any atom is -0.393 e. The molecule has 1 unspecified atom stereocenters. The molecule has 3 nitrogen and oxygen atoms in total. The summed E-state index contributed by atoms with van der Waals surface area (Å²) in [5.41, 5.74) is 6.12. The summed E-state index contributed by atoms with van der Waals surface area (Å²) in [6.07, 6.45) is 1.43. The molecule has 0 aliphatic heterocycles. The third-order valence-electron chi connectivity index (χ3n) is 2.43. The molecular weight excluding hydrogens is 366 g/mol. The van der Waals surface area contributed by atoms with Crippen LogP contribution in [0.3, 0.4) is 0 Å². The standard InChI is InChI=1S/C12H14FIN2OS/c1-2-3-8(11(15)18)12(17)16-10-5-4-7(13)6-9(10)14/h4-6,8H,2-3H2,1H3,(H2,15,18)(H,16,17). The maximum Gasteiger partial charge on any atom is 0.234 e. The molecule has 0 spiro atoms. The predicted octanol–water partition coefficient (Wildman–Crippen LogP) is 3.07. The molecule has 0 aliphatic rings. The van der Waals surface area contributed by atoms with Crippen molar-refractivity contribution in [2.45, 2.75) is 19.8 Å². The van der Waals surface area contributed by atoms with Crippen molar-refractivity contribution in [2.24, 2.45) is 11.7 Å². The highest BCUT2D eigenvalue weighted by atomic mass is 127. The van der Waals surface area contributed by atoms with Crippen molar-refractivity contribution in [1.82, 2.24) is 0 Å². The van der Waals surface area contributed by atoms with E-state index in [0.29, 0.717) is 15.7 Å². The van der Waals surface area contributed by atoms with Crippen LogP contribution in [-0.4, -0.2) is 10.9 Å². The third kappa shape index (κ3) is 4.16. The first-order chi connectivity index (χ1) is 8.45. The van der Waals surface area contributed by atoms with Gasteiger partial charge in [-0.2, -0.15) is 0 Å². The van der Waals surface area contributed by atoms with Crippen LogP contribution in [0, 0.1) is 15.3 Å². The monoisotopic (exact) mass is 380 g/mol. The van der Waals surface area contributed by atoms with Crippen molar-refractivity contribution in [3.05, 3.63) is 27.6 Å². The molecule has 0 aliphatic carbocycles. The highest BCUT2D eigenvalue weighted by Crippen LogP contribution is 2.20. The first-order valence-corrected chi connectivity index (χ1v) is 6.99. The van der Waals surface area contributed by atoms with Gasteiger partial charge < -0.3 is 11.1 Å². The molecule has 6 heteroatoms. The number of carbonyl (C=O) groups excluding carboxylic acids is 1. The topological polar surface area (TPSA) is 55.1 Å². The molecule has 0 radical (unpaired) electrons. The number of thiocarbonyl (C=S) groups is 1. The van der Waals surface area contributed by atoms with Crippen LogP contribution < -0.4 is 11.1 Å². The lowest BCUT2D eigenvalue weighted by molar-refractivity contribution is -0.118. The van der Waals surface area contributed by atoms with Gasteiger partial charge >= 0.3 is 0 Å². The summed E-state index contributed by atoms with van der Waals surface area (Å²) >= 11 is 6.85. The Balaban J connectivity index is 2.82. The van der Waals surface area contributed by atoms with Gasteiger partial charge in [-0.25, -0.2) is 4.39 Å². The van der Waals surface area contributed by atoms with Crippen LogP contribution >= 0.6 is 34.8 Å². The minimum atomic E-state index is -0.481.